The molecule has 2 aromatic rings. The van der Waals surface area contributed by atoms with E-state index in [2.05, 4.69) is 0 Å². The maximum atomic E-state index is 12.9. The molecule has 0 spiro atoms. The van der Waals surface area contributed by atoms with Gasteiger partial charge in [-0.1, -0.05) is 23.7 Å². The fraction of sp³-hybridized carbons (Fsp3) is 0.250. The summed E-state index contributed by atoms with van der Waals surface area (Å²) in [6.45, 7) is 1.77. The smallest absolute Gasteiger partial charge is 0.334 e. The third-order valence-electron chi connectivity index (χ3n) is 4.35. The third kappa shape index (κ3) is 3.87. The van der Waals surface area contributed by atoms with E-state index in [4.69, 9.17) is 16.3 Å². The normalized spacial score (nSPS) is 14.3. The summed E-state index contributed by atoms with van der Waals surface area (Å²) in [5.74, 6) is -0.607. The quantitative estimate of drug-likeness (QED) is 0.415. The fourth-order valence-electron chi connectivity index (χ4n) is 2.98. The van der Waals surface area contributed by atoms with Crippen molar-refractivity contribution >= 4 is 41.1 Å². The number of nitrogens with zero attached hydrogens (tertiary/aromatic N) is 1. The van der Waals surface area contributed by atoms with Gasteiger partial charge in [0.15, 0.2) is 0 Å². The first kappa shape index (κ1) is 19.5. The van der Waals surface area contributed by atoms with Gasteiger partial charge in [-0.05, 0) is 61.2 Å². The topological polar surface area (TPSA) is 63.7 Å². The number of carbonyl (C=O) groups is 3. The van der Waals surface area contributed by atoms with Gasteiger partial charge in [0.05, 0.1) is 11.1 Å². The molecule has 140 valence electrons. The molecule has 0 saturated carbocycles. The molecule has 1 atom stereocenters. The van der Waals surface area contributed by atoms with Crippen LogP contribution in [0.15, 0.2) is 42.5 Å². The summed E-state index contributed by atoms with van der Waals surface area (Å²) >= 11 is 7.47. The Balaban J connectivity index is 1.89. The van der Waals surface area contributed by atoms with Crippen LogP contribution in [-0.2, 0) is 4.79 Å². The fourth-order valence-corrected chi connectivity index (χ4v) is 3.66. The SMILES string of the molecule is CSCC[C@H](C(=O)Oc1ccc(Cl)cc1C)N1C(=O)c2ccccc2C1=O. The number of imide groups is 1. The molecule has 0 aromatic heterocycles. The molecular formula is C20H18ClNO4S. The van der Waals surface area contributed by atoms with Crippen molar-refractivity contribution in [3.05, 3.63) is 64.2 Å². The van der Waals surface area contributed by atoms with E-state index in [9.17, 15) is 14.4 Å². The first-order valence-electron chi connectivity index (χ1n) is 8.37. The van der Waals surface area contributed by atoms with E-state index in [1.54, 1.807) is 49.4 Å². The van der Waals surface area contributed by atoms with Crippen LogP contribution in [0.25, 0.3) is 0 Å². The van der Waals surface area contributed by atoms with Crippen LogP contribution in [0.1, 0.15) is 32.7 Å². The number of esters is 1. The van der Waals surface area contributed by atoms with Crippen molar-refractivity contribution in [1.82, 2.24) is 4.90 Å². The highest BCUT2D eigenvalue weighted by Gasteiger charge is 2.43. The molecule has 0 saturated heterocycles. The van der Waals surface area contributed by atoms with Crippen LogP contribution in [0, 0.1) is 6.92 Å². The predicted molar refractivity (Wildman–Crippen MR) is 106 cm³/mol. The van der Waals surface area contributed by atoms with E-state index in [1.807, 2.05) is 6.26 Å². The zero-order valence-corrected chi connectivity index (χ0v) is 16.5. The Kier molecular flexibility index (Phi) is 5.87. The van der Waals surface area contributed by atoms with Crippen LogP contribution in [0.2, 0.25) is 5.02 Å². The van der Waals surface area contributed by atoms with Gasteiger partial charge in [-0.2, -0.15) is 11.8 Å². The predicted octanol–water partition coefficient (Wildman–Crippen LogP) is 3.97. The molecule has 0 bridgehead atoms. The van der Waals surface area contributed by atoms with Gasteiger partial charge >= 0.3 is 5.97 Å². The number of ether oxygens (including phenoxy) is 1. The highest BCUT2D eigenvalue weighted by atomic mass is 35.5. The molecule has 2 aromatic carbocycles. The number of hydrogen-bond acceptors (Lipinski definition) is 5. The summed E-state index contributed by atoms with van der Waals surface area (Å²) in [5.41, 5.74) is 1.32. The molecule has 7 heteroatoms. The number of amides is 2. The Bertz CT molecular complexity index is 880. The van der Waals surface area contributed by atoms with E-state index in [-0.39, 0.29) is 0 Å². The number of thioether (sulfide) groups is 1. The minimum absolute atomic E-state index is 0.312. The van der Waals surface area contributed by atoms with Crippen LogP contribution in [0.5, 0.6) is 5.75 Å². The Hall–Kier alpha value is -2.31. The van der Waals surface area contributed by atoms with Gasteiger partial charge in [-0.15, -0.1) is 0 Å². The summed E-state index contributed by atoms with van der Waals surface area (Å²) in [4.78, 5) is 39.4. The number of carbonyl (C=O) groups excluding carboxylic acids is 3. The van der Waals surface area contributed by atoms with Gasteiger partial charge in [-0.3, -0.25) is 14.5 Å². The summed E-state index contributed by atoms with van der Waals surface area (Å²) in [5, 5.41) is 0.534. The largest absolute Gasteiger partial charge is 0.425 e. The van der Waals surface area contributed by atoms with Crippen molar-refractivity contribution in [2.75, 3.05) is 12.0 Å². The highest BCUT2D eigenvalue weighted by molar-refractivity contribution is 7.98. The molecule has 0 aliphatic carbocycles. The zero-order chi connectivity index (χ0) is 19.6. The molecular weight excluding hydrogens is 386 g/mol. The summed E-state index contributed by atoms with van der Waals surface area (Å²) < 4.78 is 5.51. The van der Waals surface area contributed by atoms with Crippen molar-refractivity contribution in [2.24, 2.45) is 0 Å². The lowest BCUT2D eigenvalue weighted by Gasteiger charge is -2.24. The molecule has 5 nitrogen and oxygen atoms in total. The number of fused-ring (bicyclic) bond motifs is 1. The molecule has 1 aliphatic rings. The van der Waals surface area contributed by atoms with Crippen LogP contribution >= 0.6 is 23.4 Å². The molecule has 2 amide bonds. The lowest BCUT2D eigenvalue weighted by molar-refractivity contribution is -0.138. The first-order chi connectivity index (χ1) is 12.9. The van der Waals surface area contributed by atoms with Gasteiger partial charge in [0.1, 0.15) is 11.8 Å². The number of benzene rings is 2. The second-order valence-corrected chi connectivity index (χ2v) is 7.58. The summed E-state index contributed by atoms with van der Waals surface area (Å²) in [7, 11) is 0. The van der Waals surface area contributed by atoms with Crippen molar-refractivity contribution in [1.29, 1.82) is 0 Å². The van der Waals surface area contributed by atoms with E-state index in [1.165, 1.54) is 11.8 Å². The van der Waals surface area contributed by atoms with E-state index in [0.717, 1.165) is 4.90 Å². The molecule has 0 unspecified atom stereocenters. The van der Waals surface area contributed by atoms with Crippen molar-refractivity contribution in [3.63, 3.8) is 0 Å². The molecule has 0 fully saturated rings. The Morgan fingerprint density at radius 1 is 1.15 bits per heavy atom. The Morgan fingerprint density at radius 2 is 1.78 bits per heavy atom. The number of hydrogen-bond donors (Lipinski definition) is 0. The average Bonchev–Trinajstić information content (AvgIpc) is 2.90. The van der Waals surface area contributed by atoms with Crippen LogP contribution in [0.4, 0.5) is 0 Å². The zero-order valence-electron chi connectivity index (χ0n) is 14.9. The van der Waals surface area contributed by atoms with E-state index < -0.39 is 23.8 Å². The summed E-state index contributed by atoms with van der Waals surface area (Å²) in [6.07, 6.45) is 2.21. The van der Waals surface area contributed by atoms with Crippen molar-refractivity contribution < 1.29 is 19.1 Å². The van der Waals surface area contributed by atoms with E-state index >= 15 is 0 Å². The molecule has 1 aliphatic heterocycles. The molecule has 0 radical (unpaired) electrons. The first-order valence-corrected chi connectivity index (χ1v) is 10.1. The van der Waals surface area contributed by atoms with Gasteiger partial charge < -0.3 is 4.74 Å². The van der Waals surface area contributed by atoms with Crippen LogP contribution < -0.4 is 4.74 Å². The highest BCUT2D eigenvalue weighted by Crippen LogP contribution is 2.28. The maximum absolute atomic E-state index is 12.9. The minimum atomic E-state index is -0.986. The minimum Gasteiger partial charge on any atom is -0.425 e. The monoisotopic (exact) mass is 403 g/mol. The van der Waals surface area contributed by atoms with Gasteiger partial charge in [0, 0.05) is 5.02 Å². The lowest BCUT2D eigenvalue weighted by Crippen LogP contribution is -2.47. The standard InChI is InChI=1S/C20H18ClNO4S/c1-12-11-13(21)7-8-17(12)26-20(25)16(9-10-27-2)22-18(23)14-5-3-4-6-15(14)19(22)24/h3-8,11,16H,9-10H2,1-2H3/t16-/m1/s1. The molecule has 0 N–H and O–H groups in total. The van der Waals surface area contributed by atoms with Gasteiger partial charge in [-0.25, -0.2) is 4.79 Å². The molecule has 27 heavy (non-hydrogen) atoms. The second kappa shape index (κ2) is 8.15. The lowest BCUT2D eigenvalue weighted by atomic mass is 10.1. The number of aryl methyl sites for hydroxylation is 1. The third-order valence-corrected chi connectivity index (χ3v) is 5.23. The van der Waals surface area contributed by atoms with Crippen LogP contribution in [-0.4, -0.2) is 40.7 Å². The Morgan fingerprint density at radius 3 is 2.33 bits per heavy atom. The number of halogens is 1. The second-order valence-electron chi connectivity index (χ2n) is 6.15. The number of rotatable bonds is 6. The van der Waals surface area contributed by atoms with Crippen molar-refractivity contribution in [2.45, 2.75) is 19.4 Å². The van der Waals surface area contributed by atoms with Gasteiger partial charge in [0.2, 0.25) is 0 Å². The summed E-state index contributed by atoms with van der Waals surface area (Å²) in [6, 6.07) is 10.5. The average molecular weight is 404 g/mol. The van der Waals surface area contributed by atoms with Crippen LogP contribution in [0.3, 0.4) is 0 Å². The van der Waals surface area contributed by atoms with E-state index in [0.29, 0.717) is 39.6 Å². The molecule has 1 heterocycles. The Labute approximate surface area is 166 Å². The molecule has 3 rings (SSSR count). The van der Waals surface area contributed by atoms with Gasteiger partial charge in [0.25, 0.3) is 11.8 Å². The maximum Gasteiger partial charge on any atom is 0.334 e. The van der Waals surface area contributed by atoms with Crippen molar-refractivity contribution in [3.8, 4) is 5.75 Å².